The lowest BCUT2D eigenvalue weighted by Gasteiger charge is -2.25. The largest absolute Gasteiger partial charge is 0.497 e. The summed E-state index contributed by atoms with van der Waals surface area (Å²) in [5.74, 6) is 0.895. The Morgan fingerprint density at radius 2 is 1.76 bits per heavy atom. The third-order valence-electron chi connectivity index (χ3n) is 7.27. The van der Waals surface area contributed by atoms with Gasteiger partial charge in [0.05, 0.1) is 29.0 Å². The summed E-state index contributed by atoms with van der Waals surface area (Å²) >= 11 is 13.6. The Balaban J connectivity index is 1.38. The smallest absolute Gasteiger partial charge is 0.271 e. The number of benzene rings is 4. The Morgan fingerprint density at radius 1 is 0.978 bits per heavy atom. The number of allylic oxidation sites excluding steroid dienone is 1. The van der Waals surface area contributed by atoms with Crippen molar-refractivity contribution in [1.29, 1.82) is 0 Å². The van der Waals surface area contributed by atoms with Gasteiger partial charge in [0, 0.05) is 21.3 Å². The number of fused-ring (bicyclic) bond motifs is 1. The maximum atomic E-state index is 14.1. The molecule has 5 aromatic rings. The Hall–Kier alpha value is -4.63. The average molecular weight is 657 g/mol. The van der Waals surface area contributed by atoms with E-state index in [9.17, 15) is 9.59 Å². The summed E-state index contributed by atoms with van der Waals surface area (Å²) in [6, 6.07) is 28.6. The summed E-state index contributed by atoms with van der Waals surface area (Å²) in [6.07, 6.45) is 1.80. The molecule has 0 aliphatic carbocycles. The van der Waals surface area contributed by atoms with Crippen LogP contribution in [-0.4, -0.2) is 17.6 Å². The first-order valence-electron chi connectivity index (χ1n) is 14.0. The van der Waals surface area contributed by atoms with Crippen molar-refractivity contribution in [3.8, 4) is 11.5 Å². The summed E-state index contributed by atoms with van der Waals surface area (Å²) in [5.41, 5.74) is 3.59. The minimum atomic E-state index is -0.721. The van der Waals surface area contributed by atoms with Crippen molar-refractivity contribution in [2.45, 2.75) is 19.6 Å². The number of hydrogen-bond donors (Lipinski definition) is 1. The number of halogens is 2. The molecular formula is C35H27Cl2N3O4S. The molecule has 7 nitrogen and oxygen atoms in total. The average Bonchev–Trinajstić information content (AvgIpc) is 3.34. The Kier molecular flexibility index (Phi) is 8.89. The fourth-order valence-corrected chi connectivity index (χ4v) is 6.61. The highest BCUT2D eigenvalue weighted by Gasteiger charge is 2.32. The fraction of sp³-hybridized carbons (Fsp3) is 0.114. The van der Waals surface area contributed by atoms with E-state index in [1.807, 2.05) is 84.9 Å². The number of nitrogens with one attached hydrogen (secondary N) is 1. The molecule has 6 rings (SSSR count). The SMILES string of the molecule is COc1cccc(C2C(C(=O)Nc3ccccc3)=C(C)N=c3s/c(=C/c4cccc(OCc5ccc(Cl)cc5Cl)c4)c(=O)n32)c1. The number of amides is 1. The quantitative estimate of drug-likeness (QED) is 0.200. The molecule has 0 spiro atoms. The zero-order chi connectivity index (χ0) is 31.5. The van der Waals surface area contributed by atoms with E-state index in [-0.39, 0.29) is 18.1 Å². The molecule has 0 radical (unpaired) electrons. The molecule has 226 valence electrons. The van der Waals surface area contributed by atoms with Crippen LogP contribution in [0, 0.1) is 0 Å². The van der Waals surface area contributed by atoms with Crippen molar-refractivity contribution in [2.75, 3.05) is 12.4 Å². The number of rotatable bonds is 8. The van der Waals surface area contributed by atoms with Gasteiger partial charge in [-0.15, -0.1) is 0 Å². The first-order chi connectivity index (χ1) is 21.8. The molecular weight excluding hydrogens is 629 g/mol. The van der Waals surface area contributed by atoms with Crippen LogP contribution in [0.4, 0.5) is 5.69 Å². The molecule has 1 amide bonds. The highest BCUT2D eigenvalue weighted by Crippen LogP contribution is 2.32. The number of hydrogen-bond acceptors (Lipinski definition) is 6. The number of nitrogens with zero attached hydrogens (tertiary/aromatic N) is 2. The van der Waals surface area contributed by atoms with Crippen LogP contribution >= 0.6 is 34.5 Å². The summed E-state index contributed by atoms with van der Waals surface area (Å²) in [6.45, 7) is 2.05. The summed E-state index contributed by atoms with van der Waals surface area (Å²) in [4.78, 5) is 33.1. The normalized spacial score (nSPS) is 14.5. The monoisotopic (exact) mass is 655 g/mol. The van der Waals surface area contributed by atoms with Crippen molar-refractivity contribution >= 4 is 52.2 Å². The Labute approximate surface area is 273 Å². The van der Waals surface area contributed by atoms with E-state index in [2.05, 4.69) is 5.32 Å². The molecule has 0 bridgehead atoms. The zero-order valence-corrected chi connectivity index (χ0v) is 26.6. The first kappa shape index (κ1) is 30.4. The molecule has 1 N–H and O–H groups in total. The van der Waals surface area contributed by atoms with Crippen LogP contribution in [0.5, 0.6) is 11.5 Å². The van der Waals surface area contributed by atoms with E-state index < -0.39 is 6.04 Å². The van der Waals surface area contributed by atoms with Gasteiger partial charge in [0.2, 0.25) is 0 Å². The molecule has 1 aliphatic rings. The molecule has 1 atom stereocenters. The predicted molar refractivity (Wildman–Crippen MR) is 179 cm³/mol. The summed E-state index contributed by atoms with van der Waals surface area (Å²) in [7, 11) is 1.58. The lowest BCUT2D eigenvalue weighted by Crippen LogP contribution is -2.40. The molecule has 0 fully saturated rings. The van der Waals surface area contributed by atoms with Gasteiger partial charge >= 0.3 is 0 Å². The summed E-state index contributed by atoms with van der Waals surface area (Å²) < 4.78 is 13.5. The molecule has 45 heavy (non-hydrogen) atoms. The molecule has 1 unspecified atom stereocenters. The highest BCUT2D eigenvalue weighted by molar-refractivity contribution is 7.07. The lowest BCUT2D eigenvalue weighted by atomic mass is 9.95. The van der Waals surface area contributed by atoms with E-state index >= 15 is 0 Å². The number of thiazole rings is 1. The second-order valence-corrected chi connectivity index (χ2v) is 12.1. The van der Waals surface area contributed by atoms with Crippen molar-refractivity contribution < 1.29 is 14.3 Å². The Morgan fingerprint density at radius 3 is 2.53 bits per heavy atom. The van der Waals surface area contributed by atoms with Crippen LogP contribution in [0.2, 0.25) is 10.0 Å². The molecule has 2 heterocycles. The standard InChI is InChI=1S/C35H27Cl2N3O4S/c1-21-31(33(41)39-26-10-4-3-5-11-26)32(23-9-7-12-27(18-23)43-2)40-34(42)30(45-35(40)38-21)17-22-8-6-13-28(16-22)44-20-24-14-15-25(36)19-29(24)37/h3-19,32H,20H2,1-2H3,(H,39,41)/b30-17+. The number of carbonyl (C=O) groups is 1. The number of anilines is 1. The number of aromatic nitrogens is 1. The van der Waals surface area contributed by atoms with Crippen LogP contribution in [0.25, 0.3) is 6.08 Å². The van der Waals surface area contributed by atoms with Crippen LogP contribution < -0.4 is 29.7 Å². The van der Waals surface area contributed by atoms with E-state index in [4.69, 9.17) is 37.7 Å². The van der Waals surface area contributed by atoms with E-state index in [0.29, 0.717) is 47.8 Å². The van der Waals surface area contributed by atoms with Gasteiger partial charge in [-0.3, -0.25) is 14.2 Å². The summed E-state index contributed by atoms with van der Waals surface area (Å²) in [5, 5.41) is 4.05. The molecule has 0 saturated carbocycles. The zero-order valence-electron chi connectivity index (χ0n) is 24.3. The first-order valence-corrected chi connectivity index (χ1v) is 15.6. The molecule has 10 heteroatoms. The topological polar surface area (TPSA) is 81.9 Å². The van der Waals surface area contributed by atoms with Crippen LogP contribution in [0.1, 0.15) is 29.7 Å². The van der Waals surface area contributed by atoms with Crippen LogP contribution in [0.15, 0.2) is 118 Å². The van der Waals surface area contributed by atoms with E-state index in [1.165, 1.54) is 11.3 Å². The predicted octanol–water partition coefficient (Wildman–Crippen LogP) is 6.77. The Bertz CT molecular complexity index is 2120. The second-order valence-electron chi connectivity index (χ2n) is 10.3. The van der Waals surface area contributed by atoms with Crippen molar-refractivity contribution in [2.24, 2.45) is 4.99 Å². The maximum Gasteiger partial charge on any atom is 0.271 e. The van der Waals surface area contributed by atoms with Gasteiger partial charge < -0.3 is 14.8 Å². The fourth-order valence-electron chi connectivity index (χ4n) is 5.10. The van der Waals surface area contributed by atoms with Gasteiger partial charge in [-0.2, -0.15) is 0 Å². The third kappa shape index (κ3) is 6.59. The number of ether oxygens (including phenoxy) is 2. The van der Waals surface area contributed by atoms with Crippen molar-refractivity contribution in [1.82, 2.24) is 4.57 Å². The second kappa shape index (κ2) is 13.2. The minimum absolute atomic E-state index is 0.259. The third-order valence-corrected chi connectivity index (χ3v) is 8.84. The van der Waals surface area contributed by atoms with Gasteiger partial charge in [0.15, 0.2) is 4.80 Å². The van der Waals surface area contributed by atoms with E-state index in [0.717, 1.165) is 16.7 Å². The number of methoxy groups -OCH3 is 1. The molecule has 1 aromatic heterocycles. The van der Waals surface area contributed by atoms with E-state index in [1.54, 1.807) is 36.8 Å². The van der Waals surface area contributed by atoms with Gasteiger partial charge in [-0.05, 0) is 72.7 Å². The number of para-hydroxylation sites is 1. The molecule has 1 aliphatic heterocycles. The van der Waals surface area contributed by atoms with Crippen LogP contribution in [-0.2, 0) is 11.4 Å². The number of carbonyl (C=O) groups excluding carboxylic acids is 1. The van der Waals surface area contributed by atoms with Crippen molar-refractivity contribution in [3.63, 3.8) is 0 Å². The van der Waals surface area contributed by atoms with Gasteiger partial charge in [0.1, 0.15) is 18.1 Å². The van der Waals surface area contributed by atoms with Gasteiger partial charge in [0.25, 0.3) is 11.5 Å². The molecule has 0 saturated heterocycles. The minimum Gasteiger partial charge on any atom is -0.497 e. The van der Waals surface area contributed by atoms with Gasteiger partial charge in [-0.1, -0.05) is 83.1 Å². The van der Waals surface area contributed by atoms with Gasteiger partial charge in [-0.25, -0.2) is 4.99 Å². The van der Waals surface area contributed by atoms with Crippen molar-refractivity contribution in [3.05, 3.63) is 155 Å². The van der Waals surface area contributed by atoms with Crippen LogP contribution in [0.3, 0.4) is 0 Å². The molecule has 4 aromatic carbocycles. The maximum absolute atomic E-state index is 14.1. The highest BCUT2D eigenvalue weighted by atomic mass is 35.5. The lowest BCUT2D eigenvalue weighted by molar-refractivity contribution is -0.113.